The molecule has 0 radical (unpaired) electrons. The van der Waals surface area contributed by atoms with Crippen LogP contribution in [-0.4, -0.2) is 38.3 Å². The van der Waals surface area contributed by atoms with Crippen LogP contribution in [0.25, 0.3) is 0 Å². The minimum Gasteiger partial charge on any atom is -0.380 e. The van der Waals surface area contributed by atoms with Crippen LogP contribution in [0.4, 0.5) is 5.69 Å². The van der Waals surface area contributed by atoms with Crippen molar-refractivity contribution in [2.45, 2.75) is 37.3 Å². The fourth-order valence-electron chi connectivity index (χ4n) is 3.28. The van der Waals surface area contributed by atoms with Crippen molar-refractivity contribution in [3.05, 3.63) is 59.7 Å². The Balaban J connectivity index is 1.82. The third-order valence-electron chi connectivity index (χ3n) is 4.71. The molecule has 144 valence electrons. The van der Waals surface area contributed by atoms with Crippen molar-refractivity contribution in [1.82, 2.24) is 4.31 Å². The van der Waals surface area contributed by atoms with E-state index in [0.29, 0.717) is 31.7 Å². The zero-order valence-electron chi connectivity index (χ0n) is 15.5. The highest BCUT2D eigenvalue weighted by molar-refractivity contribution is 7.89. The second-order valence-electron chi connectivity index (χ2n) is 6.67. The fraction of sp³-hybridized carbons (Fsp3) is 0.350. The number of para-hydroxylation sites is 1. The van der Waals surface area contributed by atoms with Gasteiger partial charge in [-0.05, 0) is 38.0 Å². The molecule has 0 spiro atoms. The van der Waals surface area contributed by atoms with Crippen LogP contribution < -0.4 is 5.32 Å². The molecule has 1 fully saturated rings. The van der Waals surface area contributed by atoms with E-state index in [1.165, 1.54) is 4.31 Å². The van der Waals surface area contributed by atoms with Gasteiger partial charge in [0.2, 0.25) is 15.9 Å². The van der Waals surface area contributed by atoms with E-state index in [4.69, 9.17) is 4.74 Å². The van der Waals surface area contributed by atoms with E-state index < -0.39 is 16.1 Å². The highest BCUT2D eigenvalue weighted by Gasteiger charge is 2.39. The Labute approximate surface area is 160 Å². The summed E-state index contributed by atoms with van der Waals surface area (Å²) in [5.74, 6) is -0.313. The van der Waals surface area contributed by atoms with Gasteiger partial charge < -0.3 is 10.1 Å². The first-order chi connectivity index (χ1) is 12.9. The molecular weight excluding hydrogens is 364 g/mol. The van der Waals surface area contributed by atoms with Crippen molar-refractivity contribution in [1.29, 1.82) is 0 Å². The van der Waals surface area contributed by atoms with E-state index in [1.807, 2.05) is 25.1 Å². The number of aryl methyl sites for hydroxylation is 1. The summed E-state index contributed by atoms with van der Waals surface area (Å²) in [5, 5.41) is 2.87. The van der Waals surface area contributed by atoms with Crippen LogP contribution in [0, 0.1) is 6.92 Å². The summed E-state index contributed by atoms with van der Waals surface area (Å²) < 4.78 is 32.5. The average molecular weight is 388 g/mol. The topological polar surface area (TPSA) is 75.7 Å². The second-order valence-corrected chi connectivity index (χ2v) is 8.56. The van der Waals surface area contributed by atoms with Gasteiger partial charge >= 0.3 is 0 Å². The zero-order valence-corrected chi connectivity index (χ0v) is 16.3. The number of nitrogens with zero attached hydrogens (tertiary/aromatic N) is 1. The van der Waals surface area contributed by atoms with Crippen molar-refractivity contribution in [3.63, 3.8) is 0 Å². The maximum atomic E-state index is 13.0. The van der Waals surface area contributed by atoms with Gasteiger partial charge in [-0.15, -0.1) is 0 Å². The van der Waals surface area contributed by atoms with E-state index in [1.54, 1.807) is 37.4 Å². The van der Waals surface area contributed by atoms with Gasteiger partial charge in [0.05, 0.1) is 11.5 Å². The number of ether oxygens (including phenoxy) is 1. The van der Waals surface area contributed by atoms with E-state index in [-0.39, 0.29) is 10.8 Å². The molecular formula is C20H24N2O4S. The number of carbonyl (C=O) groups excluding carboxylic acids is 1. The largest absolute Gasteiger partial charge is 0.380 e. The molecule has 1 N–H and O–H groups in total. The molecule has 1 amide bonds. The third kappa shape index (κ3) is 4.21. The van der Waals surface area contributed by atoms with Crippen LogP contribution >= 0.6 is 0 Å². The standard InChI is InChI=1S/C20H24N2O4S/c1-15-9-11-17(12-10-15)27(24,25)22-13-5-8-19(22)20(23)21-18-7-4-3-6-16(18)14-26-2/h3-4,6-7,9-12,19H,5,8,13-14H2,1-2H3,(H,21,23)/t19-/m0/s1. The molecule has 2 aromatic rings. The SMILES string of the molecule is COCc1ccccc1NC(=O)[C@@H]1CCCN1S(=O)(=O)c1ccc(C)cc1. The van der Waals surface area contributed by atoms with E-state index in [0.717, 1.165) is 11.1 Å². The molecule has 7 heteroatoms. The normalized spacial score (nSPS) is 17.8. The molecule has 0 aromatic heterocycles. The van der Waals surface area contributed by atoms with E-state index in [9.17, 15) is 13.2 Å². The van der Waals surface area contributed by atoms with Crippen molar-refractivity contribution in [2.24, 2.45) is 0 Å². The van der Waals surface area contributed by atoms with Gasteiger partial charge in [0, 0.05) is 24.9 Å². The number of rotatable bonds is 6. The minimum atomic E-state index is -3.71. The van der Waals surface area contributed by atoms with Gasteiger partial charge in [0.25, 0.3) is 0 Å². The molecule has 27 heavy (non-hydrogen) atoms. The summed E-state index contributed by atoms with van der Waals surface area (Å²) in [4.78, 5) is 13.1. The predicted octanol–water partition coefficient (Wildman–Crippen LogP) is 2.93. The monoisotopic (exact) mass is 388 g/mol. The van der Waals surface area contributed by atoms with E-state index in [2.05, 4.69) is 5.32 Å². The van der Waals surface area contributed by atoms with Crippen molar-refractivity contribution in [2.75, 3.05) is 19.0 Å². The molecule has 1 aliphatic heterocycles. The lowest BCUT2D eigenvalue weighted by atomic mass is 10.1. The molecule has 0 saturated carbocycles. The highest BCUT2D eigenvalue weighted by Crippen LogP contribution is 2.27. The first kappa shape index (κ1) is 19.5. The van der Waals surface area contributed by atoms with Crippen LogP contribution in [0.5, 0.6) is 0 Å². The average Bonchev–Trinajstić information content (AvgIpc) is 3.15. The van der Waals surface area contributed by atoms with Crippen LogP contribution in [0.2, 0.25) is 0 Å². The zero-order chi connectivity index (χ0) is 19.4. The number of sulfonamides is 1. The Morgan fingerprint density at radius 3 is 2.59 bits per heavy atom. The summed E-state index contributed by atoms with van der Waals surface area (Å²) in [6.07, 6.45) is 1.16. The number of hydrogen-bond acceptors (Lipinski definition) is 4. The number of amides is 1. The predicted molar refractivity (Wildman–Crippen MR) is 104 cm³/mol. The smallest absolute Gasteiger partial charge is 0.243 e. The molecule has 1 saturated heterocycles. The molecule has 0 bridgehead atoms. The maximum absolute atomic E-state index is 13.0. The molecule has 0 unspecified atom stereocenters. The van der Waals surface area contributed by atoms with Gasteiger partial charge in [-0.2, -0.15) is 4.31 Å². The quantitative estimate of drug-likeness (QED) is 0.826. The molecule has 0 aliphatic carbocycles. The molecule has 1 atom stereocenters. The molecule has 6 nitrogen and oxygen atoms in total. The molecule has 1 heterocycles. The number of nitrogens with one attached hydrogen (secondary N) is 1. The van der Waals surface area contributed by atoms with Crippen molar-refractivity contribution < 1.29 is 17.9 Å². The van der Waals surface area contributed by atoms with Crippen LogP contribution in [0.3, 0.4) is 0 Å². The van der Waals surface area contributed by atoms with Gasteiger partial charge in [0.15, 0.2) is 0 Å². The summed E-state index contributed by atoms with van der Waals surface area (Å²) in [5.41, 5.74) is 2.47. The van der Waals surface area contributed by atoms with Gasteiger partial charge in [-0.25, -0.2) is 8.42 Å². The number of hydrogen-bond donors (Lipinski definition) is 1. The molecule has 1 aliphatic rings. The maximum Gasteiger partial charge on any atom is 0.243 e. The lowest BCUT2D eigenvalue weighted by Gasteiger charge is -2.24. The van der Waals surface area contributed by atoms with Crippen LogP contribution in [0.15, 0.2) is 53.4 Å². The highest BCUT2D eigenvalue weighted by atomic mass is 32.2. The second kappa shape index (κ2) is 8.21. The van der Waals surface area contributed by atoms with Crippen molar-refractivity contribution in [3.8, 4) is 0 Å². The Kier molecular flexibility index (Phi) is 5.94. The van der Waals surface area contributed by atoms with Gasteiger partial charge in [0.1, 0.15) is 6.04 Å². The molecule has 3 rings (SSSR count). The number of anilines is 1. The van der Waals surface area contributed by atoms with Crippen LogP contribution in [0.1, 0.15) is 24.0 Å². The first-order valence-electron chi connectivity index (χ1n) is 8.89. The lowest BCUT2D eigenvalue weighted by molar-refractivity contribution is -0.119. The number of carbonyl (C=O) groups is 1. The Hall–Kier alpha value is -2.22. The minimum absolute atomic E-state index is 0.215. The third-order valence-corrected chi connectivity index (χ3v) is 6.63. The Bertz CT molecular complexity index is 910. The summed E-state index contributed by atoms with van der Waals surface area (Å²) in [6, 6.07) is 13.3. The number of benzene rings is 2. The Morgan fingerprint density at radius 2 is 1.89 bits per heavy atom. The summed E-state index contributed by atoms with van der Waals surface area (Å²) in [6.45, 7) is 2.61. The van der Waals surface area contributed by atoms with Crippen LogP contribution in [-0.2, 0) is 26.2 Å². The Morgan fingerprint density at radius 1 is 1.19 bits per heavy atom. The number of methoxy groups -OCH3 is 1. The van der Waals surface area contributed by atoms with E-state index >= 15 is 0 Å². The first-order valence-corrected chi connectivity index (χ1v) is 10.3. The summed E-state index contributed by atoms with van der Waals surface area (Å²) in [7, 11) is -2.13. The van der Waals surface area contributed by atoms with Gasteiger partial charge in [-0.1, -0.05) is 35.9 Å². The van der Waals surface area contributed by atoms with Gasteiger partial charge in [-0.3, -0.25) is 4.79 Å². The summed E-state index contributed by atoms with van der Waals surface area (Å²) >= 11 is 0. The molecule has 2 aromatic carbocycles. The fourth-order valence-corrected chi connectivity index (χ4v) is 4.93. The van der Waals surface area contributed by atoms with Crippen molar-refractivity contribution >= 4 is 21.6 Å². The lowest BCUT2D eigenvalue weighted by Crippen LogP contribution is -2.43.